The van der Waals surface area contributed by atoms with Gasteiger partial charge in [-0.1, -0.05) is 32.6 Å². The van der Waals surface area contributed by atoms with Crippen LogP contribution in [0.3, 0.4) is 0 Å². The van der Waals surface area contributed by atoms with Gasteiger partial charge in [-0.15, -0.1) is 0 Å². The van der Waals surface area contributed by atoms with Crippen LogP contribution in [0.25, 0.3) is 0 Å². The minimum Gasteiger partial charge on any atom is -0.271 e. The van der Waals surface area contributed by atoms with Crippen molar-refractivity contribution in [2.24, 2.45) is 17.7 Å². The molecule has 4 heteroatoms. The van der Waals surface area contributed by atoms with E-state index in [2.05, 4.69) is 12.3 Å². The Morgan fingerprint density at radius 1 is 1.36 bits per heavy atom. The van der Waals surface area contributed by atoms with Gasteiger partial charge in [0.1, 0.15) is 0 Å². The standard InChI is InChI=1S/C10H20F2N2/c1-2-7-5-3-4-6-8(7)9(14-13)10(11)12/h7-10,14H,2-6,13H2,1H3. The van der Waals surface area contributed by atoms with Gasteiger partial charge in [-0.25, -0.2) is 8.78 Å². The average molecular weight is 206 g/mol. The van der Waals surface area contributed by atoms with Gasteiger partial charge in [-0.3, -0.25) is 11.3 Å². The molecular weight excluding hydrogens is 186 g/mol. The molecule has 0 heterocycles. The van der Waals surface area contributed by atoms with Crippen LogP contribution in [0.2, 0.25) is 0 Å². The largest absolute Gasteiger partial charge is 0.271 e. The number of nitrogens with two attached hydrogens (primary N) is 1. The van der Waals surface area contributed by atoms with E-state index >= 15 is 0 Å². The summed E-state index contributed by atoms with van der Waals surface area (Å²) >= 11 is 0. The lowest BCUT2D eigenvalue weighted by molar-refractivity contribution is 0.0357. The number of hydrazine groups is 1. The van der Waals surface area contributed by atoms with Gasteiger partial charge in [0.25, 0.3) is 6.43 Å². The van der Waals surface area contributed by atoms with E-state index in [9.17, 15) is 8.78 Å². The van der Waals surface area contributed by atoms with E-state index in [1.165, 1.54) is 6.42 Å². The van der Waals surface area contributed by atoms with E-state index in [-0.39, 0.29) is 5.92 Å². The van der Waals surface area contributed by atoms with Gasteiger partial charge < -0.3 is 0 Å². The first-order chi connectivity index (χ1) is 6.70. The lowest BCUT2D eigenvalue weighted by Crippen LogP contribution is -2.49. The maximum absolute atomic E-state index is 12.7. The number of hydrogen-bond donors (Lipinski definition) is 2. The maximum atomic E-state index is 12.7. The lowest BCUT2D eigenvalue weighted by Gasteiger charge is -2.36. The molecule has 3 atom stereocenters. The Bertz CT molecular complexity index is 164. The molecule has 0 saturated heterocycles. The predicted octanol–water partition coefficient (Wildman–Crippen LogP) is 2.30. The van der Waals surface area contributed by atoms with Crippen LogP contribution in [0.1, 0.15) is 39.0 Å². The predicted molar refractivity (Wildman–Crippen MR) is 52.9 cm³/mol. The maximum Gasteiger partial charge on any atom is 0.255 e. The number of halogens is 2. The molecule has 84 valence electrons. The molecule has 0 spiro atoms. The first kappa shape index (κ1) is 11.9. The second-order valence-electron chi connectivity index (χ2n) is 4.14. The molecular formula is C10H20F2N2. The van der Waals surface area contributed by atoms with E-state index in [0.717, 1.165) is 25.7 Å². The topological polar surface area (TPSA) is 38.0 Å². The summed E-state index contributed by atoms with van der Waals surface area (Å²) in [6, 6.07) is -0.819. The quantitative estimate of drug-likeness (QED) is 0.547. The van der Waals surface area contributed by atoms with Gasteiger partial charge in [0.15, 0.2) is 0 Å². The second-order valence-corrected chi connectivity index (χ2v) is 4.14. The van der Waals surface area contributed by atoms with Gasteiger partial charge in [0.05, 0.1) is 6.04 Å². The van der Waals surface area contributed by atoms with Crippen molar-refractivity contribution in [3.63, 3.8) is 0 Å². The zero-order valence-corrected chi connectivity index (χ0v) is 8.68. The summed E-state index contributed by atoms with van der Waals surface area (Å²) in [5.41, 5.74) is 2.29. The van der Waals surface area contributed by atoms with Crippen LogP contribution in [0.4, 0.5) is 8.78 Å². The van der Waals surface area contributed by atoms with E-state index in [4.69, 9.17) is 5.84 Å². The van der Waals surface area contributed by atoms with Crippen molar-refractivity contribution < 1.29 is 8.78 Å². The SMILES string of the molecule is CCC1CCCCC1C(NN)C(F)F. The highest BCUT2D eigenvalue weighted by molar-refractivity contribution is 4.84. The first-order valence-corrected chi connectivity index (χ1v) is 5.45. The molecule has 0 aromatic carbocycles. The van der Waals surface area contributed by atoms with E-state index in [1.54, 1.807) is 0 Å². The number of hydrogen-bond acceptors (Lipinski definition) is 2. The average Bonchev–Trinajstić information content (AvgIpc) is 2.19. The molecule has 1 rings (SSSR count). The van der Waals surface area contributed by atoms with Crippen LogP contribution in [0.5, 0.6) is 0 Å². The molecule has 14 heavy (non-hydrogen) atoms. The number of alkyl halides is 2. The van der Waals surface area contributed by atoms with Gasteiger partial charge in [-0.05, 0) is 18.3 Å². The third-order valence-electron chi connectivity index (χ3n) is 3.42. The lowest BCUT2D eigenvalue weighted by atomic mass is 9.74. The van der Waals surface area contributed by atoms with Crippen LogP contribution in [-0.4, -0.2) is 12.5 Å². The van der Waals surface area contributed by atoms with Gasteiger partial charge in [0.2, 0.25) is 0 Å². The second kappa shape index (κ2) is 5.61. The molecule has 1 aliphatic carbocycles. The normalized spacial score (nSPS) is 30.6. The Labute approximate surface area is 84.2 Å². The molecule has 2 nitrogen and oxygen atoms in total. The summed E-state index contributed by atoms with van der Waals surface area (Å²) in [5.74, 6) is 5.66. The van der Waals surface area contributed by atoms with Crippen LogP contribution in [-0.2, 0) is 0 Å². The third-order valence-corrected chi connectivity index (χ3v) is 3.42. The Morgan fingerprint density at radius 2 is 2.00 bits per heavy atom. The summed E-state index contributed by atoms with van der Waals surface area (Å²) in [5, 5.41) is 0. The molecule has 3 N–H and O–H groups in total. The molecule has 1 fully saturated rings. The summed E-state index contributed by atoms with van der Waals surface area (Å²) < 4.78 is 25.3. The van der Waals surface area contributed by atoms with Crippen molar-refractivity contribution in [1.82, 2.24) is 5.43 Å². The van der Waals surface area contributed by atoms with Crippen molar-refractivity contribution in [2.45, 2.75) is 51.5 Å². The summed E-state index contributed by atoms with van der Waals surface area (Å²) in [7, 11) is 0. The fourth-order valence-electron chi connectivity index (χ4n) is 2.60. The van der Waals surface area contributed by atoms with Crippen molar-refractivity contribution in [1.29, 1.82) is 0 Å². The summed E-state index contributed by atoms with van der Waals surface area (Å²) in [6.45, 7) is 2.07. The monoisotopic (exact) mass is 206 g/mol. The fourth-order valence-corrected chi connectivity index (χ4v) is 2.60. The van der Waals surface area contributed by atoms with Crippen LogP contribution >= 0.6 is 0 Å². The zero-order valence-electron chi connectivity index (χ0n) is 8.68. The Balaban J connectivity index is 2.60. The highest BCUT2D eigenvalue weighted by Crippen LogP contribution is 2.35. The van der Waals surface area contributed by atoms with Gasteiger partial charge in [-0.2, -0.15) is 0 Å². The van der Waals surface area contributed by atoms with Crippen LogP contribution in [0, 0.1) is 11.8 Å². The molecule has 0 bridgehead atoms. The molecule has 0 aromatic heterocycles. The molecule has 1 saturated carbocycles. The highest BCUT2D eigenvalue weighted by Gasteiger charge is 2.35. The number of rotatable bonds is 4. The molecule has 0 aromatic rings. The zero-order chi connectivity index (χ0) is 10.6. The van der Waals surface area contributed by atoms with E-state index in [1.807, 2.05) is 0 Å². The molecule has 0 aliphatic heterocycles. The molecule has 3 unspecified atom stereocenters. The summed E-state index contributed by atoms with van der Waals surface area (Å²) in [6.07, 6.45) is 2.83. The smallest absolute Gasteiger partial charge is 0.255 e. The van der Waals surface area contributed by atoms with Crippen molar-refractivity contribution in [3.8, 4) is 0 Å². The highest BCUT2D eigenvalue weighted by atomic mass is 19.3. The molecule has 0 amide bonds. The van der Waals surface area contributed by atoms with Gasteiger partial charge >= 0.3 is 0 Å². The Kier molecular flexibility index (Phi) is 4.75. The van der Waals surface area contributed by atoms with Crippen molar-refractivity contribution in [3.05, 3.63) is 0 Å². The van der Waals surface area contributed by atoms with E-state index in [0.29, 0.717) is 5.92 Å². The third kappa shape index (κ3) is 2.64. The Morgan fingerprint density at radius 3 is 2.50 bits per heavy atom. The summed E-state index contributed by atoms with van der Waals surface area (Å²) in [4.78, 5) is 0. The molecule has 0 radical (unpaired) electrons. The van der Waals surface area contributed by atoms with Gasteiger partial charge in [0, 0.05) is 0 Å². The van der Waals surface area contributed by atoms with Crippen molar-refractivity contribution >= 4 is 0 Å². The van der Waals surface area contributed by atoms with E-state index < -0.39 is 12.5 Å². The Hall–Kier alpha value is -0.220. The molecule has 1 aliphatic rings. The number of nitrogens with one attached hydrogen (secondary N) is 1. The first-order valence-electron chi connectivity index (χ1n) is 5.45. The fraction of sp³-hybridized carbons (Fsp3) is 1.00. The van der Waals surface area contributed by atoms with Crippen LogP contribution < -0.4 is 11.3 Å². The minimum atomic E-state index is -2.35. The van der Waals surface area contributed by atoms with Crippen molar-refractivity contribution in [2.75, 3.05) is 0 Å². The van der Waals surface area contributed by atoms with Crippen LogP contribution in [0.15, 0.2) is 0 Å². The minimum absolute atomic E-state index is 0.0544.